The molecule has 20 heavy (non-hydrogen) atoms. The number of ether oxygens (including phenoxy) is 2. The third kappa shape index (κ3) is 4.73. The number of halogens is 1. The third-order valence-electron chi connectivity index (χ3n) is 4.09. The fraction of sp³-hybridized carbons (Fsp3) is 0.929. The Balaban J connectivity index is 0.00000200. The maximum absolute atomic E-state index is 5.57. The van der Waals surface area contributed by atoms with Crippen molar-refractivity contribution in [3.05, 3.63) is 0 Å². The molecule has 2 aliphatic rings. The first-order chi connectivity index (χ1) is 9.29. The summed E-state index contributed by atoms with van der Waals surface area (Å²) in [6.45, 7) is 8.58. The largest absolute Gasteiger partial charge is 0.382 e. The third-order valence-corrected chi connectivity index (χ3v) is 4.09. The summed E-state index contributed by atoms with van der Waals surface area (Å²) in [5.41, 5.74) is 0.392. The van der Waals surface area contributed by atoms with Crippen molar-refractivity contribution in [3.8, 4) is 0 Å². The summed E-state index contributed by atoms with van der Waals surface area (Å²) in [5, 5.41) is 3.43. The van der Waals surface area contributed by atoms with E-state index in [1.165, 1.54) is 12.8 Å². The Morgan fingerprint density at radius 3 is 2.95 bits per heavy atom. The molecule has 1 atom stereocenters. The number of hydrogen-bond acceptors (Lipinski definition) is 3. The average molecular weight is 397 g/mol. The first-order valence-electron chi connectivity index (χ1n) is 7.41. The minimum Gasteiger partial charge on any atom is -0.382 e. The molecule has 0 amide bonds. The predicted molar refractivity (Wildman–Crippen MR) is 91.9 cm³/mol. The summed E-state index contributed by atoms with van der Waals surface area (Å²) in [6, 6.07) is 0. The Bertz CT molecular complexity index is 307. The fourth-order valence-electron chi connectivity index (χ4n) is 2.94. The first-order valence-corrected chi connectivity index (χ1v) is 7.41. The number of rotatable bonds is 5. The van der Waals surface area contributed by atoms with E-state index in [0.717, 1.165) is 58.4 Å². The number of nitrogens with one attached hydrogen (secondary N) is 1. The van der Waals surface area contributed by atoms with Crippen LogP contribution in [0.15, 0.2) is 4.99 Å². The molecule has 5 nitrogen and oxygen atoms in total. The van der Waals surface area contributed by atoms with Gasteiger partial charge in [0.1, 0.15) is 0 Å². The average Bonchev–Trinajstić information content (AvgIpc) is 3.05. The Kier molecular flexibility index (Phi) is 8.13. The van der Waals surface area contributed by atoms with E-state index in [1.807, 2.05) is 14.0 Å². The van der Waals surface area contributed by atoms with Crippen LogP contribution in [-0.2, 0) is 9.47 Å². The standard InChI is InChI=1S/C14H27N3O2.HI/c1-3-18-9-4-7-16-13(15-2)17-8-5-14(11-17)6-10-19-12-14;/h3-12H2,1-2H3,(H,15,16);1H. The van der Waals surface area contributed by atoms with Crippen LogP contribution in [0.25, 0.3) is 0 Å². The van der Waals surface area contributed by atoms with Crippen LogP contribution in [0.4, 0.5) is 0 Å². The van der Waals surface area contributed by atoms with Crippen molar-refractivity contribution < 1.29 is 9.47 Å². The molecule has 0 bridgehead atoms. The lowest BCUT2D eigenvalue weighted by Gasteiger charge is -2.24. The van der Waals surface area contributed by atoms with Gasteiger partial charge in [-0.3, -0.25) is 4.99 Å². The monoisotopic (exact) mass is 397 g/mol. The summed E-state index contributed by atoms with van der Waals surface area (Å²) in [4.78, 5) is 6.76. The van der Waals surface area contributed by atoms with Gasteiger partial charge >= 0.3 is 0 Å². The first kappa shape index (κ1) is 18.0. The van der Waals surface area contributed by atoms with Gasteiger partial charge in [-0.25, -0.2) is 0 Å². The molecule has 0 aromatic rings. The molecule has 0 radical (unpaired) electrons. The molecule has 0 aromatic heterocycles. The zero-order valence-electron chi connectivity index (χ0n) is 12.7. The number of guanidine groups is 1. The molecule has 6 heteroatoms. The maximum atomic E-state index is 5.57. The van der Waals surface area contributed by atoms with Crippen LogP contribution in [0.2, 0.25) is 0 Å². The van der Waals surface area contributed by atoms with Crippen molar-refractivity contribution in [2.45, 2.75) is 26.2 Å². The lowest BCUT2D eigenvalue weighted by molar-refractivity contribution is 0.145. The van der Waals surface area contributed by atoms with Crippen LogP contribution in [-0.4, -0.2) is 64.0 Å². The highest BCUT2D eigenvalue weighted by molar-refractivity contribution is 14.0. The van der Waals surface area contributed by atoms with Gasteiger partial charge in [0.2, 0.25) is 0 Å². The number of hydrogen-bond donors (Lipinski definition) is 1. The number of nitrogens with zero attached hydrogens (tertiary/aromatic N) is 2. The lowest BCUT2D eigenvalue weighted by Crippen LogP contribution is -2.42. The Labute approximate surface area is 139 Å². The highest BCUT2D eigenvalue weighted by Gasteiger charge is 2.42. The molecule has 118 valence electrons. The van der Waals surface area contributed by atoms with Gasteiger partial charge in [-0.05, 0) is 26.2 Å². The van der Waals surface area contributed by atoms with Gasteiger partial charge in [0.05, 0.1) is 6.61 Å². The van der Waals surface area contributed by atoms with Gasteiger partial charge < -0.3 is 19.7 Å². The van der Waals surface area contributed by atoms with Crippen molar-refractivity contribution >= 4 is 29.9 Å². The molecule has 0 aliphatic carbocycles. The second-order valence-electron chi connectivity index (χ2n) is 5.50. The van der Waals surface area contributed by atoms with E-state index in [-0.39, 0.29) is 24.0 Å². The molecular weight excluding hydrogens is 369 g/mol. The number of likely N-dealkylation sites (tertiary alicyclic amines) is 1. The van der Waals surface area contributed by atoms with Crippen LogP contribution in [0.1, 0.15) is 26.2 Å². The summed E-state index contributed by atoms with van der Waals surface area (Å²) in [6.07, 6.45) is 3.45. The zero-order valence-corrected chi connectivity index (χ0v) is 15.0. The van der Waals surface area contributed by atoms with Crippen molar-refractivity contribution in [1.82, 2.24) is 10.2 Å². The molecule has 2 rings (SSSR count). The van der Waals surface area contributed by atoms with E-state index >= 15 is 0 Å². The summed E-state index contributed by atoms with van der Waals surface area (Å²) in [7, 11) is 1.86. The van der Waals surface area contributed by atoms with Crippen molar-refractivity contribution in [1.29, 1.82) is 0 Å². The number of aliphatic imine (C=N–C) groups is 1. The second-order valence-corrected chi connectivity index (χ2v) is 5.50. The topological polar surface area (TPSA) is 46.1 Å². The van der Waals surface area contributed by atoms with Crippen molar-refractivity contribution in [2.24, 2.45) is 10.4 Å². The van der Waals surface area contributed by atoms with E-state index in [1.54, 1.807) is 0 Å². The Morgan fingerprint density at radius 1 is 1.45 bits per heavy atom. The zero-order chi connectivity index (χ0) is 13.6. The highest BCUT2D eigenvalue weighted by Crippen LogP contribution is 2.38. The summed E-state index contributed by atoms with van der Waals surface area (Å²) >= 11 is 0. The lowest BCUT2D eigenvalue weighted by atomic mass is 9.87. The molecule has 1 spiro atoms. The van der Waals surface area contributed by atoms with Gasteiger partial charge in [-0.15, -0.1) is 24.0 Å². The molecule has 2 fully saturated rings. The normalized spacial score (nSPS) is 26.1. The second kappa shape index (κ2) is 9.04. The molecule has 0 aromatic carbocycles. The van der Waals surface area contributed by atoms with Gasteiger partial charge in [-0.2, -0.15) is 0 Å². The molecule has 2 heterocycles. The Morgan fingerprint density at radius 2 is 2.30 bits per heavy atom. The van der Waals surface area contributed by atoms with E-state index in [9.17, 15) is 0 Å². The predicted octanol–water partition coefficient (Wildman–Crippen LogP) is 1.72. The van der Waals surface area contributed by atoms with E-state index in [2.05, 4.69) is 15.2 Å². The van der Waals surface area contributed by atoms with Crippen LogP contribution < -0.4 is 5.32 Å². The van der Waals surface area contributed by atoms with E-state index < -0.39 is 0 Å². The minimum atomic E-state index is 0. The molecule has 2 saturated heterocycles. The molecule has 1 unspecified atom stereocenters. The van der Waals surface area contributed by atoms with Gasteiger partial charge in [0, 0.05) is 51.9 Å². The van der Waals surface area contributed by atoms with Crippen LogP contribution in [0, 0.1) is 5.41 Å². The van der Waals surface area contributed by atoms with Gasteiger partial charge in [0.25, 0.3) is 0 Å². The quantitative estimate of drug-likeness (QED) is 0.332. The van der Waals surface area contributed by atoms with Gasteiger partial charge in [-0.1, -0.05) is 0 Å². The SMILES string of the molecule is CCOCCCNC(=NC)N1CCC2(CCOC2)C1.I. The fourth-order valence-corrected chi connectivity index (χ4v) is 2.94. The van der Waals surface area contributed by atoms with Crippen LogP contribution in [0.3, 0.4) is 0 Å². The van der Waals surface area contributed by atoms with Gasteiger partial charge in [0.15, 0.2) is 5.96 Å². The summed E-state index contributed by atoms with van der Waals surface area (Å²) in [5.74, 6) is 1.03. The van der Waals surface area contributed by atoms with Crippen LogP contribution >= 0.6 is 24.0 Å². The maximum Gasteiger partial charge on any atom is 0.193 e. The Hall–Kier alpha value is -0.0800. The van der Waals surface area contributed by atoms with Crippen LogP contribution in [0.5, 0.6) is 0 Å². The molecular formula is C14H28IN3O2. The van der Waals surface area contributed by atoms with E-state index in [4.69, 9.17) is 9.47 Å². The van der Waals surface area contributed by atoms with Crippen molar-refractivity contribution in [3.63, 3.8) is 0 Å². The molecule has 1 N–H and O–H groups in total. The van der Waals surface area contributed by atoms with E-state index in [0.29, 0.717) is 5.41 Å². The summed E-state index contributed by atoms with van der Waals surface area (Å²) < 4.78 is 10.9. The highest BCUT2D eigenvalue weighted by atomic mass is 127. The molecule has 2 aliphatic heterocycles. The van der Waals surface area contributed by atoms with Crippen molar-refractivity contribution in [2.75, 3.05) is 53.1 Å². The molecule has 0 saturated carbocycles. The smallest absolute Gasteiger partial charge is 0.193 e. The minimum absolute atomic E-state index is 0.